The Kier molecular flexibility index (Phi) is 8.48. The molecule has 3 nitrogen and oxygen atoms in total. The van der Waals surface area contributed by atoms with Crippen LogP contribution < -0.4 is 4.74 Å². The molecule has 1 fully saturated rings. The molecule has 0 aromatic heterocycles. The Morgan fingerprint density at radius 3 is 2.30 bits per heavy atom. The number of hydrogen-bond donors (Lipinski definition) is 0. The highest BCUT2D eigenvalue weighted by Gasteiger charge is 2.08. The first-order valence-corrected chi connectivity index (χ1v) is 9.48. The summed E-state index contributed by atoms with van der Waals surface area (Å²) in [6.45, 7) is 12.3. The molecule has 1 heterocycles. The highest BCUT2D eigenvalue weighted by atomic mass is 16.5. The molecule has 0 saturated carbocycles. The monoisotopic (exact) mass is 318 g/mol. The molecular weight excluding hydrogens is 284 g/mol. The van der Waals surface area contributed by atoms with Crippen LogP contribution >= 0.6 is 0 Å². The van der Waals surface area contributed by atoms with E-state index >= 15 is 0 Å². The van der Waals surface area contributed by atoms with Crippen molar-refractivity contribution in [2.45, 2.75) is 52.5 Å². The van der Waals surface area contributed by atoms with Gasteiger partial charge in [0, 0.05) is 6.54 Å². The molecule has 0 radical (unpaired) electrons. The molecule has 0 spiro atoms. The molecule has 0 atom stereocenters. The summed E-state index contributed by atoms with van der Waals surface area (Å²) in [5, 5.41) is 0. The fraction of sp³-hybridized carbons (Fsp3) is 0.700. The maximum absolute atomic E-state index is 5.88. The van der Waals surface area contributed by atoms with Gasteiger partial charge in [0.15, 0.2) is 0 Å². The van der Waals surface area contributed by atoms with Crippen molar-refractivity contribution >= 4 is 0 Å². The normalized spacial score (nSPS) is 16.0. The summed E-state index contributed by atoms with van der Waals surface area (Å²) in [6.07, 6.45) is 6.59. The van der Waals surface area contributed by atoms with Crippen molar-refractivity contribution in [1.82, 2.24) is 9.80 Å². The topological polar surface area (TPSA) is 15.7 Å². The predicted octanol–water partition coefficient (Wildman–Crippen LogP) is 4.17. The van der Waals surface area contributed by atoms with Crippen LogP contribution in [0.4, 0.5) is 0 Å². The molecule has 1 aromatic rings. The van der Waals surface area contributed by atoms with E-state index in [2.05, 4.69) is 47.9 Å². The van der Waals surface area contributed by atoms with Gasteiger partial charge in [-0.2, -0.15) is 0 Å². The van der Waals surface area contributed by atoms with E-state index in [4.69, 9.17) is 4.74 Å². The summed E-state index contributed by atoms with van der Waals surface area (Å²) < 4.78 is 5.88. The average Bonchev–Trinajstić information content (AvgIpc) is 2.61. The standard InChI is InChI=1S/C20H34N2O/c1-3-21(4-2)18-19-10-12-20(13-11-19)23-17-9-8-16-22-14-6-5-7-15-22/h10-13H,3-9,14-18H2,1-2H3. The lowest BCUT2D eigenvalue weighted by Crippen LogP contribution is -2.30. The number of nitrogens with zero attached hydrogens (tertiary/aromatic N) is 2. The zero-order valence-electron chi connectivity index (χ0n) is 15.1. The van der Waals surface area contributed by atoms with Gasteiger partial charge in [0.1, 0.15) is 5.75 Å². The number of piperidine rings is 1. The van der Waals surface area contributed by atoms with Gasteiger partial charge in [-0.1, -0.05) is 32.4 Å². The summed E-state index contributed by atoms with van der Waals surface area (Å²) in [6, 6.07) is 8.62. The Bertz CT molecular complexity index is 408. The van der Waals surface area contributed by atoms with E-state index in [1.165, 1.54) is 50.9 Å². The molecule has 2 rings (SSSR count). The molecular formula is C20H34N2O. The number of hydrogen-bond acceptors (Lipinski definition) is 3. The average molecular weight is 319 g/mol. The van der Waals surface area contributed by atoms with Crippen molar-refractivity contribution in [2.24, 2.45) is 0 Å². The Balaban J connectivity index is 1.60. The van der Waals surface area contributed by atoms with Crippen LogP contribution in [-0.2, 0) is 6.54 Å². The smallest absolute Gasteiger partial charge is 0.119 e. The van der Waals surface area contributed by atoms with Crippen LogP contribution in [0.2, 0.25) is 0 Å². The lowest BCUT2D eigenvalue weighted by molar-refractivity contribution is 0.216. The molecule has 23 heavy (non-hydrogen) atoms. The molecule has 0 amide bonds. The van der Waals surface area contributed by atoms with Crippen LogP contribution in [0, 0.1) is 0 Å². The first kappa shape index (κ1) is 18.3. The van der Waals surface area contributed by atoms with E-state index in [9.17, 15) is 0 Å². The second-order valence-electron chi connectivity index (χ2n) is 6.56. The minimum atomic E-state index is 0.837. The maximum Gasteiger partial charge on any atom is 0.119 e. The van der Waals surface area contributed by atoms with E-state index in [-0.39, 0.29) is 0 Å². The molecule has 3 heteroatoms. The summed E-state index contributed by atoms with van der Waals surface area (Å²) >= 11 is 0. The van der Waals surface area contributed by atoms with Crippen molar-refractivity contribution in [3.05, 3.63) is 29.8 Å². The molecule has 0 N–H and O–H groups in total. The van der Waals surface area contributed by atoms with E-state index < -0.39 is 0 Å². The van der Waals surface area contributed by atoms with Crippen molar-refractivity contribution in [2.75, 3.05) is 39.3 Å². The molecule has 1 aliphatic rings. The van der Waals surface area contributed by atoms with Gasteiger partial charge in [0.2, 0.25) is 0 Å². The molecule has 130 valence electrons. The van der Waals surface area contributed by atoms with Gasteiger partial charge in [-0.25, -0.2) is 0 Å². The van der Waals surface area contributed by atoms with Gasteiger partial charge in [0.05, 0.1) is 6.61 Å². The lowest BCUT2D eigenvalue weighted by Gasteiger charge is -2.26. The van der Waals surface area contributed by atoms with Gasteiger partial charge in [0.25, 0.3) is 0 Å². The third-order valence-electron chi connectivity index (χ3n) is 4.81. The third kappa shape index (κ3) is 6.92. The zero-order valence-corrected chi connectivity index (χ0v) is 15.1. The third-order valence-corrected chi connectivity index (χ3v) is 4.81. The summed E-state index contributed by atoms with van der Waals surface area (Å²) in [5.41, 5.74) is 1.37. The van der Waals surface area contributed by atoms with Crippen molar-refractivity contribution in [3.63, 3.8) is 0 Å². The second kappa shape index (κ2) is 10.7. The fourth-order valence-corrected chi connectivity index (χ4v) is 3.21. The number of likely N-dealkylation sites (tertiary alicyclic amines) is 1. The zero-order chi connectivity index (χ0) is 16.3. The van der Waals surface area contributed by atoms with E-state index in [1.54, 1.807) is 0 Å². The summed E-state index contributed by atoms with van der Waals surface area (Å²) in [7, 11) is 0. The highest BCUT2D eigenvalue weighted by molar-refractivity contribution is 5.27. The second-order valence-corrected chi connectivity index (χ2v) is 6.56. The van der Waals surface area contributed by atoms with Crippen LogP contribution in [0.5, 0.6) is 5.75 Å². The van der Waals surface area contributed by atoms with Crippen LogP contribution in [-0.4, -0.2) is 49.1 Å². The fourth-order valence-electron chi connectivity index (χ4n) is 3.21. The molecule has 0 bridgehead atoms. The molecule has 0 aliphatic carbocycles. The van der Waals surface area contributed by atoms with Gasteiger partial charge in [-0.15, -0.1) is 0 Å². The Morgan fingerprint density at radius 2 is 1.65 bits per heavy atom. The van der Waals surface area contributed by atoms with Crippen molar-refractivity contribution < 1.29 is 4.74 Å². The van der Waals surface area contributed by atoms with Gasteiger partial charge in [-0.3, -0.25) is 4.90 Å². The Hall–Kier alpha value is -1.06. The molecule has 1 saturated heterocycles. The van der Waals surface area contributed by atoms with E-state index in [0.29, 0.717) is 0 Å². The number of unbranched alkanes of at least 4 members (excludes halogenated alkanes) is 1. The first-order valence-electron chi connectivity index (χ1n) is 9.48. The quantitative estimate of drug-likeness (QED) is 0.602. The summed E-state index contributed by atoms with van der Waals surface area (Å²) in [4.78, 5) is 5.03. The number of ether oxygens (including phenoxy) is 1. The number of benzene rings is 1. The minimum Gasteiger partial charge on any atom is -0.494 e. The van der Waals surface area contributed by atoms with Gasteiger partial charge in [-0.05, 0) is 76.1 Å². The van der Waals surface area contributed by atoms with Crippen molar-refractivity contribution in [1.29, 1.82) is 0 Å². The van der Waals surface area contributed by atoms with E-state index in [1.807, 2.05) is 0 Å². The van der Waals surface area contributed by atoms with Crippen LogP contribution in [0.3, 0.4) is 0 Å². The van der Waals surface area contributed by atoms with Crippen molar-refractivity contribution in [3.8, 4) is 5.75 Å². The minimum absolute atomic E-state index is 0.837. The lowest BCUT2D eigenvalue weighted by atomic mass is 10.1. The highest BCUT2D eigenvalue weighted by Crippen LogP contribution is 2.14. The largest absolute Gasteiger partial charge is 0.494 e. The number of rotatable bonds is 10. The van der Waals surface area contributed by atoms with E-state index in [0.717, 1.165) is 38.4 Å². The Morgan fingerprint density at radius 1 is 0.957 bits per heavy atom. The maximum atomic E-state index is 5.88. The molecule has 1 aromatic carbocycles. The first-order chi connectivity index (χ1) is 11.3. The van der Waals surface area contributed by atoms with Gasteiger partial charge >= 0.3 is 0 Å². The Labute approximate surface area is 142 Å². The molecule has 0 unspecified atom stereocenters. The van der Waals surface area contributed by atoms with Crippen LogP contribution in [0.15, 0.2) is 24.3 Å². The van der Waals surface area contributed by atoms with Gasteiger partial charge < -0.3 is 9.64 Å². The van der Waals surface area contributed by atoms with Crippen LogP contribution in [0.1, 0.15) is 51.5 Å². The summed E-state index contributed by atoms with van der Waals surface area (Å²) in [5.74, 6) is 1.01. The predicted molar refractivity (Wildman–Crippen MR) is 98.1 cm³/mol. The van der Waals surface area contributed by atoms with Crippen LogP contribution in [0.25, 0.3) is 0 Å². The molecule has 1 aliphatic heterocycles. The SMILES string of the molecule is CCN(CC)Cc1ccc(OCCCCN2CCCCC2)cc1.